The Morgan fingerprint density at radius 3 is 2.39 bits per heavy atom. The van der Waals surface area contributed by atoms with Gasteiger partial charge in [0.2, 0.25) is 0 Å². The van der Waals surface area contributed by atoms with Gasteiger partial charge in [0.25, 0.3) is 5.91 Å². The monoisotopic (exact) mass is 250 g/mol. The number of aryl methyl sites for hydroxylation is 2. The molecule has 0 radical (unpaired) electrons. The molecule has 5 nitrogen and oxygen atoms in total. The van der Waals surface area contributed by atoms with Gasteiger partial charge < -0.3 is 10.6 Å². The number of anilines is 1. The standard InChI is InChI=1S/C13H22N4O/c1-5-10-11(14)12(16(4)15-10)13(18)17-6-8(2)9(3)7-17/h8-9H,5-7,14H2,1-4H3. The fourth-order valence-electron chi connectivity index (χ4n) is 2.56. The molecule has 18 heavy (non-hydrogen) atoms. The molecule has 0 saturated carbocycles. The van der Waals surface area contributed by atoms with Crippen molar-refractivity contribution in [2.75, 3.05) is 18.8 Å². The van der Waals surface area contributed by atoms with Crippen LogP contribution in [0.4, 0.5) is 5.69 Å². The number of nitrogens with zero attached hydrogens (tertiary/aromatic N) is 3. The molecule has 0 aromatic carbocycles. The lowest BCUT2D eigenvalue weighted by Crippen LogP contribution is -2.31. The highest BCUT2D eigenvalue weighted by atomic mass is 16.2. The molecule has 1 saturated heterocycles. The summed E-state index contributed by atoms with van der Waals surface area (Å²) in [6.07, 6.45) is 0.750. The first-order chi connectivity index (χ1) is 8.45. The van der Waals surface area contributed by atoms with E-state index >= 15 is 0 Å². The molecule has 2 heterocycles. The second kappa shape index (κ2) is 4.63. The summed E-state index contributed by atoms with van der Waals surface area (Å²) in [4.78, 5) is 14.4. The zero-order valence-corrected chi connectivity index (χ0v) is 11.6. The maximum absolute atomic E-state index is 12.5. The van der Waals surface area contributed by atoms with Crippen molar-refractivity contribution in [1.29, 1.82) is 0 Å². The normalized spacial score (nSPS) is 23.7. The van der Waals surface area contributed by atoms with Crippen LogP contribution in [0.5, 0.6) is 0 Å². The second-order valence-electron chi connectivity index (χ2n) is 5.35. The van der Waals surface area contributed by atoms with E-state index in [4.69, 9.17) is 5.73 Å². The van der Waals surface area contributed by atoms with Crippen molar-refractivity contribution < 1.29 is 4.79 Å². The molecular formula is C13H22N4O. The van der Waals surface area contributed by atoms with Gasteiger partial charge in [0.15, 0.2) is 0 Å². The lowest BCUT2D eigenvalue weighted by Gasteiger charge is -2.16. The first kappa shape index (κ1) is 12.9. The molecule has 1 aliphatic rings. The summed E-state index contributed by atoms with van der Waals surface area (Å²) in [5, 5.41) is 4.30. The molecule has 1 amide bonds. The fourth-order valence-corrected chi connectivity index (χ4v) is 2.56. The molecule has 0 bridgehead atoms. The Labute approximate surface area is 108 Å². The van der Waals surface area contributed by atoms with Crippen LogP contribution in [0.15, 0.2) is 0 Å². The fraction of sp³-hybridized carbons (Fsp3) is 0.692. The van der Waals surface area contributed by atoms with E-state index in [1.54, 1.807) is 11.7 Å². The van der Waals surface area contributed by atoms with Crippen LogP contribution in [-0.2, 0) is 13.5 Å². The lowest BCUT2D eigenvalue weighted by molar-refractivity contribution is 0.0775. The minimum atomic E-state index is 0.0124. The second-order valence-corrected chi connectivity index (χ2v) is 5.35. The van der Waals surface area contributed by atoms with Crippen LogP contribution in [0.1, 0.15) is 37.0 Å². The average Bonchev–Trinajstić information content (AvgIpc) is 2.80. The van der Waals surface area contributed by atoms with Crippen molar-refractivity contribution in [3.05, 3.63) is 11.4 Å². The van der Waals surface area contributed by atoms with E-state index in [9.17, 15) is 4.79 Å². The number of aromatic nitrogens is 2. The summed E-state index contributed by atoms with van der Waals surface area (Å²) < 4.78 is 1.62. The molecule has 100 valence electrons. The van der Waals surface area contributed by atoms with Crippen molar-refractivity contribution in [3.63, 3.8) is 0 Å². The van der Waals surface area contributed by atoms with Crippen molar-refractivity contribution in [2.24, 2.45) is 18.9 Å². The molecule has 1 aromatic heterocycles. The van der Waals surface area contributed by atoms with E-state index in [0.29, 0.717) is 23.2 Å². The van der Waals surface area contributed by atoms with Gasteiger partial charge >= 0.3 is 0 Å². The third-order valence-electron chi connectivity index (χ3n) is 3.97. The van der Waals surface area contributed by atoms with Gasteiger partial charge in [0.05, 0.1) is 11.4 Å². The van der Waals surface area contributed by atoms with Gasteiger partial charge in [-0.15, -0.1) is 0 Å². The van der Waals surface area contributed by atoms with Crippen molar-refractivity contribution >= 4 is 11.6 Å². The highest BCUT2D eigenvalue weighted by Crippen LogP contribution is 2.26. The number of nitrogen functional groups attached to an aromatic ring is 1. The van der Waals surface area contributed by atoms with Gasteiger partial charge in [0.1, 0.15) is 5.69 Å². The topological polar surface area (TPSA) is 64.2 Å². The number of hydrogen-bond donors (Lipinski definition) is 1. The summed E-state index contributed by atoms with van der Waals surface area (Å²) in [6, 6.07) is 0. The number of nitrogens with two attached hydrogens (primary N) is 1. The quantitative estimate of drug-likeness (QED) is 0.860. The molecule has 1 aliphatic heterocycles. The Balaban J connectivity index is 2.27. The summed E-state index contributed by atoms with van der Waals surface area (Å²) in [5.74, 6) is 1.11. The van der Waals surface area contributed by atoms with Gasteiger partial charge in [-0.1, -0.05) is 20.8 Å². The molecular weight excluding hydrogens is 228 g/mol. The highest BCUT2D eigenvalue weighted by Gasteiger charge is 2.32. The lowest BCUT2D eigenvalue weighted by atomic mass is 10.0. The number of rotatable bonds is 2. The summed E-state index contributed by atoms with van der Waals surface area (Å²) in [5.41, 5.74) is 7.90. The summed E-state index contributed by atoms with van der Waals surface area (Å²) in [6.45, 7) is 7.98. The molecule has 2 unspecified atom stereocenters. The molecule has 0 spiro atoms. The maximum atomic E-state index is 12.5. The minimum absolute atomic E-state index is 0.0124. The maximum Gasteiger partial charge on any atom is 0.274 e. The Kier molecular flexibility index (Phi) is 3.32. The van der Waals surface area contributed by atoms with Gasteiger partial charge in [-0.3, -0.25) is 9.48 Å². The highest BCUT2D eigenvalue weighted by molar-refractivity contribution is 5.98. The molecule has 5 heteroatoms. The molecule has 1 aromatic rings. The Bertz CT molecular complexity index is 456. The van der Waals surface area contributed by atoms with E-state index in [1.807, 2.05) is 11.8 Å². The van der Waals surface area contributed by atoms with Gasteiger partial charge in [0, 0.05) is 20.1 Å². The van der Waals surface area contributed by atoms with E-state index in [0.717, 1.165) is 25.2 Å². The van der Waals surface area contributed by atoms with Crippen LogP contribution in [0.25, 0.3) is 0 Å². The Morgan fingerprint density at radius 2 is 1.94 bits per heavy atom. The van der Waals surface area contributed by atoms with Crippen molar-refractivity contribution in [3.8, 4) is 0 Å². The van der Waals surface area contributed by atoms with Gasteiger partial charge in [-0.25, -0.2) is 0 Å². The SMILES string of the molecule is CCc1nn(C)c(C(=O)N2CC(C)C(C)C2)c1N. The van der Waals surface area contributed by atoms with Crippen LogP contribution in [0.3, 0.4) is 0 Å². The Hall–Kier alpha value is -1.52. The predicted octanol–water partition coefficient (Wildman–Crippen LogP) is 1.29. The van der Waals surface area contributed by atoms with Crippen LogP contribution in [0.2, 0.25) is 0 Å². The van der Waals surface area contributed by atoms with Crippen LogP contribution in [0, 0.1) is 11.8 Å². The van der Waals surface area contributed by atoms with Crippen LogP contribution >= 0.6 is 0 Å². The van der Waals surface area contributed by atoms with Gasteiger partial charge in [-0.05, 0) is 18.3 Å². The number of hydrogen-bond acceptors (Lipinski definition) is 3. The molecule has 2 atom stereocenters. The largest absolute Gasteiger partial charge is 0.395 e. The van der Waals surface area contributed by atoms with E-state index < -0.39 is 0 Å². The number of carbonyl (C=O) groups excluding carboxylic acids is 1. The van der Waals surface area contributed by atoms with E-state index in [2.05, 4.69) is 18.9 Å². The molecule has 2 rings (SSSR count). The number of amides is 1. The van der Waals surface area contributed by atoms with E-state index in [1.165, 1.54) is 0 Å². The molecule has 0 aliphatic carbocycles. The predicted molar refractivity (Wildman–Crippen MR) is 71.2 cm³/mol. The first-order valence-electron chi connectivity index (χ1n) is 6.56. The summed E-state index contributed by atoms with van der Waals surface area (Å²) in [7, 11) is 1.78. The van der Waals surface area contributed by atoms with Crippen LogP contribution in [-0.4, -0.2) is 33.7 Å². The zero-order chi connectivity index (χ0) is 13.4. The molecule has 1 fully saturated rings. The average molecular weight is 250 g/mol. The zero-order valence-electron chi connectivity index (χ0n) is 11.6. The first-order valence-corrected chi connectivity index (χ1v) is 6.56. The minimum Gasteiger partial charge on any atom is -0.395 e. The molecule has 2 N–H and O–H groups in total. The summed E-state index contributed by atoms with van der Waals surface area (Å²) >= 11 is 0. The third-order valence-corrected chi connectivity index (χ3v) is 3.97. The Morgan fingerprint density at radius 1 is 1.39 bits per heavy atom. The van der Waals surface area contributed by atoms with Gasteiger partial charge in [-0.2, -0.15) is 5.10 Å². The van der Waals surface area contributed by atoms with E-state index in [-0.39, 0.29) is 5.91 Å². The number of likely N-dealkylation sites (tertiary alicyclic amines) is 1. The number of carbonyl (C=O) groups is 1. The van der Waals surface area contributed by atoms with Crippen molar-refractivity contribution in [1.82, 2.24) is 14.7 Å². The third kappa shape index (κ3) is 1.98. The smallest absolute Gasteiger partial charge is 0.274 e. The van der Waals surface area contributed by atoms with Crippen LogP contribution < -0.4 is 5.73 Å². The van der Waals surface area contributed by atoms with Crippen molar-refractivity contribution in [2.45, 2.75) is 27.2 Å².